The molecule has 3 rings (SSSR count). The predicted molar refractivity (Wildman–Crippen MR) is 78.4 cm³/mol. The zero-order chi connectivity index (χ0) is 12.7. The van der Waals surface area contributed by atoms with Crippen LogP contribution in [0.25, 0.3) is 0 Å². The minimum Gasteiger partial charge on any atom is -0.300 e. The van der Waals surface area contributed by atoms with Crippen molar-refractivity contribution in [1.29, 1.82) is 0 Å². The van der Waals surface area contributed by atoms with Crippen molar-refractivity contribution in [2.75, 3.05) is 13.6 Å². The van der Waals surface area contributed by atoms with Gasteiger partial charge in [-0.3, -0.25) is 0 Å². The van der Waals surface area contributed by atoms with Crippen molar-refractivity contribution in [2.24, 2.45) is 0 Å². The lowest BCUT2D eigenvalue weighted by molar-refractivity contribution is 0.299. The summed E-state index contributed by atoms with van der Waals surface area (Å²) in [5, 5.41) is 0. The summed E-state index contributed by atoms with van der Waals surface area (Å²) in [5.74, 6) is 0.546. The van der Waals surface area contributed by atoms with Gasteiger partial charge in [-0.25, -0.2) is 0 Å². The summed E-state index contributed by atoms with van der Waals surface area (Å²) < 4.78 is 0. The minimum absolute atomic E-state index is 0.546. The van der Waals surface area contributed by atoms with E-state index in [9.17, 15) is 0 Å². The van der Waals surface area contributed by atoms with Gasteiger partial charge in [0, 0.05) is 28.8 Å². The van der Waals surface area contributed by atoms with Gasteiger partial charge in [0.15, 0.2) is 0 Å². The van der Waals surface area contributed by atoms with Gasteiger partial charge in [-0.05, 0) is 43.7 Å². The van der Waals surface area contributed by atoms with E-state index in [0.717, 1.165) is 13.1 Å². The molecule has 0 amide bonds. The highest BCUT2D eigenvalue weighted by atomic mass is 32.1. The molecule has 2 aromatic rings. The quantitative estimate of drug-likeness (QED) is 0.748. The van der Waals surface area contributed by atoms with Gasteiger partial charge in [-0.2, -0.15) is 0 Å². The van der Waals surface area contributed by atoms with Gasteiger partial charge in [-0.15, -0.1) is 11.3 Å². The first kappa shape index (κ1) is 11.9. The molecule has 0 saturated heterocycles. The van der Waals surface area contributed by atoms with E-state index >= 15 is 0 Å². The Morgan fingerprint density at radius 3 is 2.72 bits per heavy atom. The highest BCUT2D eigenvalue weighted by Crippen LogP contribution is 2.38. The predicted octanol–water partition coefficient (Wildman–Crippen LogP) is 3.94. The van der Waals surface area contributed by atoms with Crippen molar-refractivity contribution in [2.45, 2.75) is 26.3 Å². The van der Waals surface area contributed by atoms with Crippen LogP contribution in [0.1, 0.15) is 32.4 Å². The number of nitrogens with zero attached hydrogens (tertiary/aromatic N) is 1. The van der Waals surface area contributed by atoms with E-state index in [-0.39, 0.29) is 0 Å². The summed E-state index contributed by atoms with van der Waals surface area (Å²) >= 11 is 1.96. The van der Waals surface area contributed by atoms with Crippen LogP contribution in [-0.4, -0.2) is 18.5 Å². The molecule has 0 saturated carbocycles. The van der Waals surface area contributed by atoms with Crippen molar-refractivity contribution >= 4 is 11.3 Å². The van der Waals surface area contributed by atoms with Crippen molar-refractivity contribution in [3.05, 3.63) is 56.8 Å². The zero-order valence-corrected chi connectivity index (χ0v) is 12.1. The summed E-state index contributed by atoms with van der Waals surface area (Å²) in [6.07, 6.45) is 0. The van der Waals surface area contributed by atoms with E-state index < -0.39 is 0 Å². The maximum absolute atomic E-state index is 2.44. The van der Waals surface area contributed by atoms with Crippen LogP contribution >= 0.6 is 11.3 Å². The Labute approximate surface area is 113 Å². The van der Waals surface area contributed by atoms with Crippen molar-refractivity contribution in [3.8, 4) is 0 Å². The number of hydrogen-bond acceptors (Lipinski definition) is 2. The molecule has 1 nitrogen and oxygen atoms in total. The fraction of sp³-hybridized carbons (Fsp3) is 0.375. The molecule has 1 aliphatic rings. The molecule has 2 heterocycles. The summed E-state index contributed by atoms with van der Waals surface area (Å²) in [4.78, 5) is 5.43. The third-order valence-electron chi connectivity index (χ3n) is 3.81. The molecular formula is C16H19NS. The van der Waals surface area contributed by atoms with E-state index in [1.165, 1.54) is 16.0 Å². The first-order valence-electron chi connectivity index (χ1n) is 6.48. The Kier molecular flexibility index (Phi) is 3.00. The maximum atomic E-state index is 2.44. The van der Waals surface area contributed by atoms with Gasteiger partial charge in [0.2, 0.25) is 0 Å². The molecule has 1 aromatic heterocycles. The van der Waals surface area contributed by atoms with Crippen molar-refractivity contribution < 1.29 is 0 Å². The number of likely N-dealkylation sites (N-methyl/N-ethyl adjacent to an activating group) is 1. The Morgan fingerprint density at radius 2 is 1.94 bits per heavy atom. The van der Waals surface area contributed by atoms with E-state index in [2.05, 4.69) is 56.1 Å². The molecule has 0 fully saturated rings. The molecule has 0 spiro atoms. The molecule has 1 unspecified atom stereocenters. The molecule has 94 valence electrons. The van der Waals surface area contributed by atoms with Gasteiger partial charge in [-0.1, -0.05) is 24.3 Å². The highest BCUT2D eigenvalue weighted by molar-refractivity contribution is 7.12. The van der Waals surface area contributed by atoms with Crippen LogP contribution in [0.5, 0.6) is 0 Å². The molecular weight excluding hydrogens is 238 g/mol. The first-order valence-corrected chi connectivity index (χ1v) is 7.30. The summed E-state index contributed by atoms with van der Waals surface area (Å²) in [7, 11) is 2.23. The van der Waals surface area contributed by atoms with Crippen LogP contribution < -0.4 is 0 Å². The van der Waals surface area contributed by atoms with Gasteiger partial charge in [0.05, 0.1) is 0 Å². The number of thiophene rings is 1. The highest BCUT2D eigenvalue weighted by Gasteiger charge is 2.27. The Morgan fingerprint density at radius 1 is 1.17 bits per heavy atom. The molecule has 2 heteroatoms. The van der Waals surface area contributed by atoms with E-state index in [4.69, 9.17) is 0 Å². The number of hydrogen-bond donors (Lipinski definition) is 0. The summed E-state index contributed by atoms with van der Waals surface area (Å²) in [5.41, 5.74) is 4.46. The second-order valence-corrected chi connectivity index (χ2v) is 6.68. The smallest absolute Gasteiger partial charge is 0.0328 e. The van der Waals surface area contributed by atoms with E-state index in [1.807, 2.05) is 11.3 Å². The minimum atomic E-state index is 0.546. The van der Waals surface area contributed by atoms with Crippen molar-refractivity contribution in [3.63, 3.8) is 0 Å². The lowest BCUT2D eigenvalue weighted by Gasteiger charge is -2.31. The zero-order valence-electron chi connectivity index (χ0n) is 11.2. The standard InChI is InChI=1S/C16H19NS/c1-11-6-4-5-7-13(11)15-9-17(3)10-16-14(15)8-12(2)18-16/h4-8,15H,9-10H2,1-3H3. The fourth-order valence-electron chi connectivity index (χ4n) is 2.96. The lowest BCUT2D eigenvalue weighted by atomic mass is 9.86. The molecule has 0 bridgehead atoms. The topological polar surface area (TPSA) is 3.24 Å². The Balaban J connectivity index is 2.10. The molecule has 0 N–H and O–H groups in total. The van der Waals surface area contributed by atoms with Crippen LogP contribution in [0.15, 0.2) is 30.3 Å². The SMILES string of the molecule is Cc1cc2c(s1)CN(C)CC2c1ccccc1C. The second-order valence-electron chi connectivity index (χ2n) is 5.34. The second kappa shape index (κ2) is 4.52. The van der Waals surface area contributed by atoms with E-state index in [0.29, 0.717) is 5.92 Å². The maximum Gasteiger partial charge on any atom is 0.0328 e. The number of fused-ring (bicyclic) bond motifs is 1. The molecule has 0 radical (unpaired) electrons. The van der Waals surface area contributed by atoms with E-state index in [1.54, 1.807) is 10.4 Å². The Bertz CT molecular complexity index is 570. The summed E-state index contributed by atoms with van der Waals surface area (Å²) in [6.45, 7) is 6.69. The number of rotatable bonds is 1. The average Bonchev–Trinajstić information content (AvgIpc) is 2.69. The van der Waals surface area contributed by atoms with Crippen LogP contribution in [0, 0.1) is 13.8 Å². The normalized spacial score (nSPS) is 19.8. The van der Waals surface area contributed by atoms with Crippen LogP contribution in [0.4, 0.5) is 0 Å². The lowest BCUT2D eigenvalue weighted by Crippen LogP contribution is -2.30. The summed E-state index contributed by atoms with van der Waals surface area (Å²) in [6, 6.07) is 11.2. The molecule has 18 heavy (non-hydrogen) atoms. The molecule has 1 aromatic carbocycles. The molecule has 0 aliphatic carbocycles. The van der Waals surface area contributed by atoms with Crippen LogP contribution in [0.2, 0.25) is 0 Å². The molecule has 1 aliphatic heterocycles. The number of aryl methyl sites for hydroxylation is 2. The van der Waals surface area contributed by atoms with Crippen LogP contribution in [0.3, 0.4) is 0 Å². The largest absolute Gasteiger partial charge is 0.300 e. The van der Waals surface area contributed by atoms with Gasteiger partial charge in [0.1, 0.15) is 0 Å². The third kappa shape index (κ3) is 2.00. The van der Waals surface area contributed by atoms with Crippen molar-refractivity contribution in [1.82, 2.24) is 4.90 Å². The average molecular weight is 257 g/mol. The fourth-order valence-corrected chi connectivity index (χ4v) is 4.14. The Hall–Kier alpha value is -1.12. The van der Waals surface area contributed by atoms with Gasteiger partial charge >= 0.3 is 0 Å². The van der Waals surface area contributed by atoms with Crippen LogP contribution in [-0.2, 0) is 6.54 Å². The first-order chi connectivity index (χ1) is 8.65. The molecule has 1 atom stereocenters. The third-order valence-corrected chi connectivity index (χ3v) is 4.86. The number of benzene rings is 1. The van der Waals surface area contributed by atoms with Gasteiger partial charge < -0.3 is 4.90 Å². The monoisotopic (exact) mass is 257 g/mol. The van der Waals surface area contributed by atoms with Gasteiger partial charge in [0.25, 0.3) is 0 Å².